The smallest absolute Gasteiger partial charge is 0.161 e. The van der Waals surface area contributed by atoms with Gasteiger partial charge < -0.3 is 14.8 Å². The first-order valence-electron chi connectivity index (χ1n) is 7.50. The zero-order valence-electron chi connectivity index (χ0n) is 12.4. The standard InChI is InChI=1S/C16H24N2O2/c1-19-15-8-12-5-7-18(14-4-3-6-17-10-14)11-13(12)9-16(15)20-2/h8-9,14,17H,3-7,10-11H2,1-2H3/t14-/m1/s1. The van der Waals surface area contributed by atoms with Gasteiger partial charge in [-0.05, 0) is 49.1 Å². The van der Waals surface area contributed by atoms with Crippen molar-refractivity contribution in [3.63, 3.8) is 0 Å². The maximum atomic E-state index is 5.43. The molecule has 4 nitrogen and oxygen atoms in total. The van der Waals surface area contributed by atoms with Crippen molar-refractivity contribution >= 4 is 0 Å². The summed E-state index contributed by atoms with van der Waals surface area (Å²) in [7, 11) is 3.41. The van der Waals surface area contributed by atoms with Crippen LogP contribution in [-0.4, -0.2) is 44.8 Å². The maximum absolute atomic E-state index is 5.43. The molecule has 0 spiro atoms. The molecule has 2 aliphatic heterocycles. The van der Waals surface area contributed by atoms with Gasteiger partial charge >= 0.3 is 0 Å². The Morgan fingerprint density at radius 1 is 1.15 bits per heavy atom. The van der Waals surface area contributed by atoms with Crippen molar-refractivity contribution < 1.29 is 9.47 Å². The van der Waals surface area contributed by atoms with Crippen LogP contribution in [0.15, 0.2) is 12.1 Å². The number of benzene rings is 1. The average Bonchev–Trinajstić information content (AvgIpc) is 2.53. The summed E-state index contributed by atoms with van der Waals surface area (Å²) in [5, 5.41) is 3.51. The summed E-state index contributed by atoms with van der Waals surface area (Å²) in [5.41, 5.74) is 2.79. The first-order valence-corrected chi connectivity index (χ1v) is 7.50. The number of rotatable bonds is 3. The molecule has 0 radical (unpaired) electrons. The molecule has 20 heavy (non-hydrogen) atoms. The van der Waals surface area contributed by atoms with Crippen molar-refractivity contribution in [3.05, 3.63) is 23.3 Å². The van der Waals surface area contributed by atoms with Gasteiger partial charge in [0.25, 0.3) is 0 Å². The predicted molar refractivity (Wildman–Crippen MR) is 79.6 cm³/mol. The van der Waals surface area contributed by atoms with E-state index >= 15 is 0 Å². The second kappa shape index (κ2) is 6.02. The molecule has 2 heterocycles. The summed E-state index contributed by atoms with van der Waals surface area (Å²) in [6.45, 7) is 4.48. The number of fused-ring (bicyclic) bond motifs is 1. The first-order chi connectivity index (χ1) is 9.81. The topological polar surface area (TPSA) is 33.7 Å². The second-order valence-electron chi connectivity index (χ2n) is 5.70. The number of hydrogen-bond donors (Lipinski definition) is 1. The lowest BCUT2D eigenvalue weighted by atomic mass is 9.96. The largest absolute Gasteiger partial charge is 0.493 e. The fraction of sp³-hybridized carbons (Fsp3) is 0.625. The van der Waals surface area contributed by atoms with Gasteiger partial charge in [0.2, 0.25) is 0 Å². The summed E-state index contributed by atoms with van der Waals surface area (Å²) in [6.07, 6.45) is 3.71. The van der Waals surface area contributed by atoms with Crippen LogP contribution in [-0.2, 0) is 13.0 Å². The highest BCUT2D eigenvalue weighted by atomic mass is 16.5. The van der Waals surface area contributed by atoms with E-state index in [1.807, 2.05) is 0 Å². The van der Waals surface area contributed by atoms with E-state index in [1.165, 1.54) is 30.5 Å². The second-order valence-corrected chi connectivity index (χ2v) is 5.70. The molecule has 1 fully saturated rings. The SMILES string of the molecule is COc1cc2c(cc1OC)CN([C@@H]1CCCNC1)CC2. The Balaban J connectivity index is 1.79. The van der Waals surface area contributed by atoms with Crippen LogP contribution >= 0.6 is 0 Å². The molecule has 0 aliphatic carbocycles. The molecule has 0 bridgehead atoms. The minimum Gasteiger partial charge on any atom is -0.493 e. The fourth-order valence-electron chi connectivity index (χ4n) is 3.36. The predicted octanol–water partition coefficient (Wildman–Crippen LogP) is 1.81. The van der Waals surface area contributed by atoms with Gasteiger partial charge in [0.05, 0.1) is 14.2 Å². The van der Waals surface area contributed by atoms with E-state index in [4.69, 9.17) is 9.47 Å². The third-order valence-electron chi connectivity index (χ3n) is 4.53. The van der Waals surface area contributed by atoms with E-state index in [0.717, 1.165) is 37.6 Å². The fourth-order valence-corrected chi connectivity index (χ4v) is 3.36. The van der Waals surface area contributed by atoms with Crippen LogP contribution in [0.1, 0.15) is 24.0 Å². The van der Waals surface area contributed by atoms with E-state index in [9.17, 15) is 0 Å². The van der Waals surface area contributed by atoms with Crippen molar-refractivity contribution in [1.82, 2.24) is 10.2 Å². The Hall–Kier alpha value is -1.26. The van der Waals surface area contributed by atoms with Gasteiger partial charge in [-0.25, -0.2) is 0 Å². The van der Waals surface area contributed by atoms with Crippen molar-refractivity contribution in [1.29, 1.82) is 0 Å². The summed E-state index contributed by atoms with van der Waals surface area (Å²) in [5.74, 6) is 1.69. The Labute approximate surface area is 121 Å². The minimum absolute atomic E-state index is 0.685. The third-order valence-corrected chi connectivity index (χ3v) is 4.53. The van der Waals surface area contributed by atoms with Gasteiger partial charge in [0, 0.05) is 25.7 Å². The number of ether oxygens (including phenoxy) is 2. The highest BCUT2D eigenvalue weighted by molar-refractivity contribution is 5.48. The highest BCUT2D eigenvalue weighted by Crippen LogP contribution is 2.33. The zero-order valence-corrected chi connectivity index (χ0v) is 12.4. The van der Waals surface area contributed by atoms with E-state index in [2.05, 4.69) is 22.3 Å². The van der Waals surface area contributed by atoms with Crippen LogP contribution in [0.2, 0.25) is 0 Å². The monoisotopic (exact) mass is 276 g/mol. The molecule has 110 valence electrons. The van der Waals surface area contributed by atoms with E-state index < -0.39 is 0 Å². The molecular formula is C16H24N2O2. The maximum Gasteiger partial charge on any atom is 0.161 e. The van der Waals surface area contributed by atoms with Crippen LogP contribution in [0, 0.1) is 0 Å². The molecule has 0 unspecified atom stereocenters. The summed E-state index contributed by atoms with van der Waals surface area (Å²) >= 11 is 0. The lowest BCUT2D eigenvalue weighted by molar-refractivity contribution is 0.150. The Kier molecular flexibility index (Phi) is 4.13. The van der Waals surface area contributed by atoms with Gasteiger partial charge in [-0.1, -0.05) is 0 Å². The van der Waals surface area contributed by atoms with E-state index in [1.54, 1.807) is 14.2 Å². The molecule has 4 heteroatoms. The minimum atomic E-state index is 0.685. The van der Waals surface area contributed by atoms with Crippen LogP contribution in [0.4, 0.5) is 0 Å². The summed E-state index contributed by atoms with van der Waals surface area (Å²) in [6, 6.07) is 4.98. The van der Waals surface area contributed by atoms with Crippen LogP contribution in [0.25, 0.3) is 0 Å². The quantitative estimate of drug-likeness (QED) is 0.913. The van der Waals surface area contributed by atoms with E-state index in [0.29, 0.717) is 6.04 Å². The average molecular weight is 276 g/mol. The molecule has 1 N–H and O–H groups in total. The molecule has 1 aromatic rings. The van der Waals surface area contributed by atoms with Crippen LogP contribution in [0.3, 0.4) is 0 Å². The molecular weight excluding hydrogens is 252 g/mol. The summed E-state index contributed by atoms with van der Waals surface area (Å²) in [4.78, 5) is 2.61. The first kappa shape index (κ1) is 13.7. The molecule has 3 rings (SSSR count). The summed E-state index contributed by atoms with van der Waals surface area (Å²) < 4.78 is 10.8. The molecule has 0 aromatic heterocycles. The molecule has 1 aromatic carbocycles. The van der Waals surface area contributed by atoms with Gasteiger partial charge in [-0.2, -0.15) is 0 Å². The van der Waals surface area contributed by atoms with Crippen molar-refractivity contribution in [2.24, 2.45) is 0 Å². The Morgan fingerprint density at radius 3 is 2.55 bits per heavy atom. The van der Waals surface area contributed by atoms with Crippen molar-refractivity contribution in [2.45, 2.75) is 31.8 Å². The molecule has 1 saturated heterocycles. The number of piperidine rings is 1. The number of hydrogen-bond acceptors (Lipinski definition) is 4. The highest BCUT2D eigenvalue weighted by Gasteiger charge is 2.25. The Morgan fingerprint density at radius 2 is 1.90 bits per heavy atom. The van der Waals surface area contributed by atoms with E-state index in [-0.39, 0.29) is 0 Å². The van der Waals surface area contributed by atoms with Crippen molar-refractivity contribution in [2.75, 3.05) is 33.9 Å². The van der Waals surface area contributed by atoms with Gasteiger partial charge in [-0.3, -0.25) is 4.90 Å². The Bertz CT molecular complexity index is 470. The number of nitrogens with zero attached hydrogens (tertiary/aromatic N) is 1. The van der Waals surface area contributed by atoms with Gasteiger partial charge in [-0.15, -0.1) is 0 Å². The van der Waals surface area contributed by atoms with Gasteiger partial charge in [0.15, 0.2) is 11.5 Å². The normalized spacial score (nSPS) is 23.2. The molecule has 2 aliphatic rings. The molecule has 1 atom stereocenters. The van der Waals surface area contributed by atoms with Crippen LogP contribution in [0.5, 0.6) is 11.5 Å². The number of nitrogens with one attached hydrogen (secondary N) is 1. The molecule has 0 saturated carbocycles. The lowest BCUT2D eigenvalue weighted by Gasteiger charge is -2.38. The van der Waals surface area contributed by atoms with Crippen molar-refractivity contribution in [3.8, 4) is 11.5 Å². The van der Waals surface area contributed by atoms with Gasteiger partial charge in [0.1, 0.15) is 0 Å². The zero-order chi connectivity index (χ0) is 13.9. The van der Waals surface area contributed by atoms with Crippen LogP contribution < -0.4 is 14.8 Å². The number of methoxy groups -OCH3 is 2. The third kappa shape index (κ3) is 2.63. The lowest BCUT2D eigenvalue weighted by Crippen LogP contribution is -2.47. The molecule has 0 amide bonds.